The first kappa shape index (κ1) is 35.0. The summed E-state index contributed by atoms with van der Waals surface area (Å²) in [6, 6.07) is 60.7. The average molecular weight is 744 g/mol. The van der Waals surface area contributed by atoms with Crippen LogP contribution in [0.3, 0.4) is 0 Å². The molecule has 0 radical (unpaired) electrons. The maximum Gasteiger partial charge on any atom is 4.00 e. The van der Waals surface area contributed by atoms with Gasteiger partial charge in [-0.3, -0.25) is 0 Å². The van der Waals surface area contributed by atoms with Crippen LogP contribution in [0.15, 0.2) is 189 Å². The van der Waals surface area contributed by atoms with E-state index in [-0.39, 0.29) is 46.5 Å². The molecule has 0 amide bonds. The summed E-state index contributed by atoms with van der Waals surface area (Å²) < 4.78 is 0. The predicted octanol–water partition coefficient (Wildman–Crippen LogP) is 6.99. The molecular weight excluding hydrogens is 715 g/mol. The van der Waals surface area contributed by atoms with Crippen LogP contribution in [-0.4, -0.2) is 0 Å². The van der Waals surface area contributed by atoms with Crippen LogP contribution in [-0.2, 0) is 21.7 Å². The molecule has 49 heavy (non-hydrogen) atoms. The molecule has 8 aromatic rings. The van der Waals surface area contributed by atoms with Crippen molar-refractivity contribution in [1.82, 2.24) is 0 Å². The SMILES string of the molecule is [Cl-].[Cl-].[Ti+4].c1ccc2c(c1)Sc1ccccc1N2c1cc2ccccc2[cH-]1.c1ccc2c(c1)Sc1ccccc1N2c1cc2ccccc2[cH-]1. The number of rotatable bonds is 2. The minimum Gasteiger partial charge on any atom is -1.00 e. The molecule has 2 aliphatic heterocycles. The van der Waals surface area contributed by atoms with Crippen LogP contribution in [0.5, 0.6) is 0 Å². The Morgan fingerprint density at radius 1 is 0.367 bits per heavy atom. The molecule has 236 valence electrons. The second-order valence-corrected chi connectivity index (χ2v) is 13.6. The van der Waals surface area contributed by atoms with Gasteiger partial charge in [-0.05, 0) is 59.9 Å². The number of fused-ring (bicyclic) bond motifs is 6. The Balaban J connectivity index is 0.000000160. The summed E-state index contributed by atoms with van der Waals surface area (Å²) in [6.07, 6.45) is 0. The van der Waals surface area contributed by atoms with Gasteiger partial charge in [-0.25, -0.2) is 0 Å². The Labute approximate surface area is 322 Å². The monoisotopic (exact) mass is 742 g/mol. The zero-order valence-corrected chi connectivity index (χ0v) is 30.8. The van der Waals surface area contributed by atoms with Crippen LogP contribution in [0.25, 0.3) is 21.5 Å². The van der Waals surface area contributed by atoms with Gasteiger partial charge >= 0.3 is 21.7 Å². The zero-order chi connectivity index (χ0) is 30.5. The molecular formula is C42H28Cl2N2S2Ti. The average Bonchev–Trinajstić information content (AvgIpc) is 3.74. The van der Waals surface area contributed by atoms with Crippen molar-refractivity contribution in [3.8, 4) is 0 Å². The molecule has 2 nitrogen and oxygen atoms in total. The molecule has 7 heteroatoms. The summed E-state index contributed by atoms with van der Waals surface area (Å²) in [6.45, 7) is 0. The molecule has 2 aliphatic rings. The molecule has 2 heterocycles. The fourth-order valence-electron chi connectivity index (χ4n) is 6.49. The molecule has 0 bridgehead atoms. The minimum absolute atomic E-state index is 0. The first-order valence-electron chi connectivity index (χ1n) is 15.4. The van der Waals surface area contributed by atoms with Gasteiger partial charge in [0, 0.05) is 19.6 Å². The second kappa shape index (κ2) is 14.9. The van der Waals surface area contributed by atoms with Gasteiger partial charge in [-0.1, -0.05) is 84.2 Å². The smallest absolute Gasteiger partial charge is 1.00 e. The Hall–Kier alpha value is -3.87. The molecule has 0 atom stereocenters. The van der Waals surface area contributed by atoms with E-state index in [2.05, 4.69) is 180 Å². The molecule has 0 aliphatic carbocycles. The van der Waals surface area contributed by atoms with Crippen LogP contribution in [0.1, 0.15) is 0 Å². The van der Waals surface area contributed by atoms with E-state index in [0.717, 1.165) is 0 Å². The summed E-state index contributed by atoms with van der Waals surface area (Å²) in [4.78, 5) is 9.96. The van der Waals surface area contributed by atoms with Gasteiger partial charge in [0.05, 0.1) is 22.7 Å². The fraction of sp³-hybridized carbons (Fsp3) is 0. The van der Waals surface area contributed by atoms with E-state index in [1.165, 1.54) is 75.3 Å². The first-order chi connectivity index (χ1) is 22.8. The number of nitrogens with zero attached hydrogens (tertiary/aromatic N) is 2. The predicted molar refractivity (Wildman–Crippen MR) is 197 cm³/mol. The van der Waals surface area contributed by atoms with Crippen LogP contribution >= 0.6 is 23.5 Å². The third kappa shape index (κ3) is 6.46. The van der Waals surface area contributed by atoms with Crippen LogP contribution in [0.4, 0.5) is 34.1 Å². The van der Waals surface area contributed by atoms with Crippen molar-refractivity contribution in [2.75, 3.05) is 9.80 Å². The Morgan fingerprint density at radius 2 is 0.653 bits per heavy atom. The Kier molecular flexibility index (Phi) is 10.7. The van der Waals surface area contributed by atoms with Crippen LogP contribution in [0, 0.1) is 0 Å². The fourth-order valence-corrected chi connectivity index (χ4v) is 8.61. The molecule has 0 unspecified atom stereocenters. The molecule has 0 fully saturated rings. The topological polar surface area (TPSA) is 6.48 Å². The zero-order valence-electron chi connectivity index (χ0n) is 26.1. The molecule has 10 rings (SSSR count). The van der Waals surface area contributed by atoms with Crippen molar-refractivity contribution in [3.63, 3.8) is 0 Å². The van der Waals surface area contributed by atoms with Crippen molar-refractivity contribution in [2.24, 2.45) is 0 Å². The summed E-state index contributed by atoms with van der Waals surface area (Å²) in [5, 5.41) is 5.15. The van der Waals surface area contributed by atoms with Crippen LogP contribution in [0.2, 0.25) is 0 Å². The second-order valence-electron chi connectivity index (χ2n) is 11.4. The third-order valence-electron chi connectivity index (χ3n) is 8.59. The number of hydrogen-bond acceptors (Lipinski definition) is 4. The standard InChI is InChI=1S/2C21H14NS.2ClH.Ti/c2*1-2-8-16-14-17(13-15(16)7-1)22-18-9-3-5-11-20(18)23-21-12-6-4-10-19(21)22;;;/h2*1-14H;2*1H;/q2*-1;;;+4/p-2. The van der Waals surface area contributed by atoms with Crippen molar-refractivity contribution in [2.45, 2.75) is 19.6 Å². The Bertz CT molecular complexity index is 2060. The molecule has 0 saturated heterocycles. The normalized spacial score (nSPS) is 12.2. The molecule has 0 N–H and O–H groups in total. The van der Waals surface area contributed by atoms with E-state index in [9.17, 15) is 0 Å². The number of benzene rings is 6. The number of hydrogen-bond donors (Lipinski definition) is 0. The minimum atomic E-state index is 0. The molecule has 0 aromatic heterocycles. The number of halogens is 2. The van der Waals surface area contributed by atoms with E-state index in [0.29, 0.717) is 0 Å². The van der Waals surface area contributed by atoms with Gasteiger partial charge in [-0.2, -0.15) is 0 Å². The largest absolute Gasteiger partial charge is 4.00 e. The van der Waals surface area contributed by atoms with E-state index >= 15 is 0 Å². The summed E-state index contributed by atoms with van der Waals surface area (Å²) >= 11 is 3.69. The maximum atomic E-state index is 2.38. The van der Waals surface area contributed by atoms with Gasteiger partial charge in [0.25, 0.3) is 0 Å². The third-order valence-corrected chi connectivity index (χ3v) is 10.8. The van der Waals surface area contributed by atoms with Gasteiger partial charge < -0.3 is 34.6 Å². The molecule has 0 spiro atoms. The Morgan fingerprint density at radius 3 is 0.980 bits per heavy atom. The number of anilines is 6. The van der Waals surface area contributed by atoms with Crippen molar-refractivity contribution >= 4 is 79.2 Å². The molecule has 0 saturated carbocycles. The number of para-hydroxylation sites is 4. The molecule has 8 aromatic carbocycles. The van der Waals surface area contributed by atoms with Crippen molar-refractivity contribution in [3.05, 3.63) is 170 Å². The van der Waals surface area contributed by atoms with E-state index in [1.807, 2.05) is 23.5 Å². The summed E-state index contributed by atoms with van der Waals surface area (Å²) in [5.74, 6) is 0. The van der Waals surface area contributed by atoms with E-state index < -0.39 is 0 Å². The van der Waals surface area contributed by atoms with Gasteiger partial charge in [0.15, 0.2) is 0 Å². The van der Waals surface area contributed by atoms with E-state index in [4.69, 9.17) is 0 Å². The summed E-state index contributed by atoms with van der Waals surface area (Å²) in [5.41, 5.74) is 7.48. The van der Waals surface area contributed by atoms with Crippen LogP contribution < -0.4 is 34.6 Å². The quantitative estimate of drug-likeness (QED) is 0.139. The summed E-state index contributed by atoms with van der Waals surface area (Å²) in [7, 11) is 0. The van der Waals surface area contributed by atoms with Crippen molar-refractivity contribution < 1.29 is 46.5 Å². The van der Waals surface area contributed by atoms with Crippen molar-refractivity contribution in [1.29, 1.82) is 0 Å². The van der Waals surface area contributed by atoms with Gasteiger partial charge in [-0.15, -0.1) is 82.2 Å². The maximum absolute atomic E-state index is 2.38. The van der Waals surface area contributed by atoms with E-state index in [1.54, 1.807) is 0 Å². The van der Waals surface area contributed by atoms with Gasteiger partial charge in [0.2, 0.25) is 0 Å². The first-order valence-corrected chi connectivity index (χ1v) is 17.1. The van der Waals surface area contributed by atoms with Gasteiger partial charge in [0.1, 0.15) is 0 Å².